The Kier molecular flexibility index (Phi) is 7.46. The van der Waals surface area contributed by atoms with E-state index in [1.54, 1.807) is 0 Å². The third-order valence-electron chi connectivity index (χ3n) is 2.32. The van der Waals surface area contributed by atoms with Gasteiger partial charge in [-0.3, -0.25) is 0 Å². The minimum atomic E-state index is 0.762. The van der Waals surface area contributed by atoms with Crippen LogP contribution < -0.4 is 5.32 Å². The van der Waals surface area contributed by atoms with Crippen molar-refractivity contribution in [2.24, 2.45) is 0 Å². The molecule has 1 aromatic carbocycles. The molecule has 1 N–H and O–H groups in total. The number of hydrogen-bond donors (Lipinski definition) is 1. The van der Waals surface area contributed by atoms with E-state index in [0.717, 1.165) is 40.4 Å². The normalized spacial score (nSPS) is 10.7. The third kappa shape index (κ3) is 5.53. The molecule has 0 saturated heterocycles. The van der Waals surface area contributed by atoms with E-state index in [4.69, 9.17) is 23.2 Å². The monoisotopic (exact) mass is 323 g/mol. The van der Waals surface area contributed by atoms with Gasteiger partial charge >= 0.3 is 0 Å². The Hall–Kier alpha value is 0.240. The summed E-state index contributed by atoms with van der Waals surface area (Å²) in [6, 6.07) is 5.97. The molecule has 0 fully saturated rings. The van der Waals surface area contributed by atoms with Gasteiger partial charge in [0, 0.05) is 21.9 Å². The van der Waals surface area contributed by atoms with E-state index in [0.29, 0.717) is 0 Å². The molecule has 0 radical (unpaired) electrons. The summed E-state index contributed by atoms with van der Waals surface area (Å²) < 4.78 is 1.02. The van der Waals surface area contributed by atoms with Crippen LogP contribution in [-0.4, -0.2) is 12.4 Å². The first-order valence-corrected chi connectivity index (χ1v) is 7.15. The summed E-state index contributed by atoms with van der Waals surface area (Å²) in [5.74, 6) is 0.762. The number of nitrogens with one attached hydrogen (secondary N) is 1. The highest BCUT2D eigenvalue weighted by Crippen LogP contribution is 2.21. The molecule has 16 heavy (non-hydrogen) atoms. The van der Waals surface area contributed by atoms with Crippen molar-refractivity contribution < 1.29 is 0 Å². The van der Waals surface area contributed by atoms with Crippen molar-refractivity contribution in [3.05, 3.63) is 33.3 Å². The van der Waals surface area contributed by atoms with E-state index in [1.807, 2.05) is 18.2 Å². The average molecular weight is 325 g/mol. The fourth-order valence-corrected chi connectivity index (χ4v) is 2.34. The molecular formula is C12H16BrCl2N. The van der Waals surface area contributed by atoms with Crippen molar-refractivity contribution in [1.29, 1.82) is 0 Å². The van der Waals surface area contributed by atoms with Crippen LogP contribution >= 0.6 is 39.1 Å². The van der Waals surface area contributed by atoms with Crippen molar-refractivity contribution in [1.82, 2.24) is 5.32 Å². The number of unbranched alkanes of at least 4 members (excludes halogenated alkanes) is 2. The lowest BCUT2D eigenvalue weighted by atomic mass is 10.2. The van der Waals surface area contributed by atoms with Crippen molar-refractivity contribution in [3.8, 4) is 0 Å². The molecule has 0 saturated carbocycles. The average Bonchev–Trinajstić information content (AvgIpc) is 2.26. The molecule has 1 nitrogen and oxygen atoms in total. The Labute approximate surface area is 116 Å². The highest BCUT2D eigenvalue weighted by atomic mass is 79.9. The van der Waals surface area contributed by atoms with Gasteiger partial charge in [0.2, 0.25) is 0 Å². The summed E-state index contributed by atoms with van der Waals surface area (Å²) in [7, 11) is 0. The maximum atomic E-state index is 6.10. The minimum absolute atomic E-state index is 0.762. The standard InChI is InChI=1S/C12H16BrCl2N/c13-11-5-4-10(12(15)8-11)9-16-7-3-1-2-6-14/h4-5,8,16H,1-3,6-7,9H2. The zero-order valence-corrected chi connectivity index (χ0v) is 12.2. The van der Waals surface area contributed by atoms with E-state index in [9.17, 15) is 0 Å². The molecule has 90 valence electrons. The van der Waals surface area contributed by atoms with E-state index >= 15 is 0 Å². The number of rotatable bonds is 7. The van der Waals surface area contributed by atoms with Gasteiger partial charge in [-0.05, 0) is 37.1 Å². The van der Waals surface area contributed by atoms with Crippen LogP contribution in [0.25, 0.3) is 0 Å². The van der Waals surface area contributed by atoms with Gasteiger partial charge in [0.1, 0.15) is 0 Å². The molecule has 0 aromatic heterocycles. The van der Waals surface area contributed by atoms with Crippen molar-refractivity contribution in [2.45, 2.75) is 25.8 Å². The highest BCUT2D eigenvalue weighted by Gasteiger charge is 2.00. The predicted molar refractivity (Wildman–Crippen MR) is 75.4 cm³/mol. The van der Waals surface area contributed by atoms with Crippen LogP contribution in [0.2, 0.25) is 5.02 Å². The molecule has 0 amide bonds. The molecule has 0 aliphatic rings. The smallest absolute Gasteiger partial charge is 0.0462 e. The first-order chi connectivity index (χ1) is 7.74. The van der Waals surface area contributed by atoms with Crippen LogP contribution in [-0.2, 0) is 6.54 Å². The molecule has 0 unspecified atom stereocenters. The summed E-state index contributed by atoms with van der Waals surface area (Å²) >= 11 is 15.1. The fraction of sp³-hybridized carbons (Fsp3) is 0.500. The van der Waals surface area contributed by atoms with Crippen LogP contribution in [0.1, 0.15) is 24.8 Å². The van der Waals surface area contributed by atoms with Crippen LogP contribution in [0, 0.1) is 0 Å². The molecule has 1 aromatic rings. The van der Waals surface area contributed by atoms with E-state index in [-0.39, 0.29) is 0 Å². The Morgan fingerprint density at radius 2 is 2.00 bits per heavy atom. The van der Waals surface area contributed by atoms with Gasteiger partial charge in [-0.15, -0.1) is 11.6 Å². The second-order valence-corrected chi connectivity index (χ2v) is 5.36. The van der Waals surface area contributed by atoms with Crippen molar-refractivity contribution >= 4 is 39.1 Å². The lowest BCUT2D eigenvalue weighted by Crippen LogP contribution is -2.14. The quantitative estimate of drug-likeness (QED) is 0.571. The SMILES string of the molecule is ClCCCCCNCc1ccc(Br)cc1Cl. The largest absolute Gasteiger partial charge is 0.313 e. The maximum absolute atomic E-state index is 6.10. The lowest BCUT2D eigenvalue weighted by Gasteiger charge is -2.06. The summed E-state index contributed by atoms with van der Waals surface area (Å²) in [4.78, 5) is 0. The van der Waals surface area contributed by atoms with Gasteiger partial charge in [0.15, 0.2) is 0 Å². The Balaban J connectivity index is 2.21. The lowest BCUT2D eigenvalue weighted by molar-refractivity contribution is 0.618. The van der Waals surface area contributed by atoms with Crippen molar-refractivity contribution in [3.63, 3.8) is 0 Å². The van der Waals surface area contributed by atoms with Crippen molar-refractivity contribution in [2.75, 3.05) is 12.4 Å². The minimum Gasteiger partial charge on any atom is -0.313 e. The van der Waals surface area contributed by atoms with Crippen LogP contribution in [0.15, 0.2) is 22.7 Å². The van der Waals surface area contributed by atoms with E-state index < -0.39 is 0 Å². The van der Waals surface area contributed by atoms with Gasteiger partial charge < -0.3 is 5.32 Å². The molecular weight excluding hydrogens is 309 g/mol. The van der Waals surface area contributed by atoms with Gasteiger partial charge in [-0.1, -0.05) is 40.0 Å². The highest BCUT2D eigenvalue weighted by molar-refractivity contribution is 9.10. The number of alkyl halides is 1. The van der Waals surface area contributed by atoms with E-state index in [1.165, 1.54) is 12.8 Å². The van der Waals surface area contributed by atoms with E-state index in [2.05, 4.69) is 21.2 Å². The first-order valence-electron chi connectivity index (χ1n) is 5.44. The summed E-state index contributed by atoms with van der Waals surface area (Å²) in [5.41, 5.74) is 1.14. The van der Waals surface area contributed by atoms with Gasteiger partial charge in [-0.25, -0.2) is 0 Å². The molecule has 0 aliphatic carbocycles. The first kappa shape index (κ1) is 14.3. The van der Waals surface area contributed by atoms with Gasteiger partial charge in [-0.2, -0.15) is 0 Å². The molecule has 4 heteroatoms. The zero-order valence-electron chi connectivity index (χ0n) is 9.11. The summed E-state index contributed by atoms with van der Waals surface area (Å²) in [6.07, 6.45) is 3.45. The fourth-order valence-electron chi connectivity index (χ4n) is 1.41. The molecule has 1 rings (SSSR count). The Morgan fingerprint density at radius 1 is 1.19 bits per heavy atom. The number of halogens is 3. The maximum Gasteiger partial charge on any atom is 0.0462 e. The predicted octanol–water partition coefficient (Wildman–Crippen LogP) is 4.60. The third-order valence-corrected chi connectivity index (χ3v) is 3.43. The van der Waals surface area contributed by atoms with Crippen LogP contribution in [0.5, 0.6) is 0 Å². The molecule has 0 heterocycles. The Bertz CT molecular complexity index is 318. The number of benzene rings is 1. The summed E-state index contributed by atoms with van der Waals surface area (Å²) in [5, 5.41) is 4.19. The van der Waals surface area contributed by atoms with Gasteiger partial charge in [0.05, 0.1) is 0 Å². The van der Waals surface area contributed by atoms with Crippen LogP contribution in [0.4, 0.5) is 0 Å². The Morgan fingerprint density at radius 3 is 2.69 bits per heavy atom. The molecule has 0 bridgehead atoms. The molecule has 0 aliphatic heterocycles. The number of hydrogen-bond acceptors (Lipinski definition) is 1. The zero-order chi connectivity index (χ0) is 11.8. The molecule has 0 atom stereocenters. The van der Waals surface area contributed by atoms with Gasteiger partial charge in [0.25, 0.3) is 0 Å². The van der Waals surface area contributed by atoms with Crippen LogP contribution in [0.3, 0.4) is 0 Å². The molecule has 0 spiro atoms. The second-order valence-electron chi connectivity index (χ2n) is 3.66. The topological polar surface area (TPSA) is 12.0 Å². The second kappa shape index (κ2) is 8.35. The summed E-state index contributed by atoms with van der Waals surface area (Å²) in [6.45, 7) is 1.84.